The van der Waals surface area contributed by atoms with Crippen LogP contribution < -0.4 is 5.73 Å². The first kappa shape index (κ1) is 10.2. The Hall–Kier alpha value is -1.28. The lowest BCUT2D eigenvalue weighted by atomic mass is 10.0. The van der Waals surface area contributed by atoms with Crippen LogP contribution in [0.15, 0.2) is 18.2 Å². The van der Waals surface area contributed by atoms with Crippen molar-refractivity contribution in [3.8, 4) is 0 Å². The SMILES string of the molecule is CCc1ccc2[nH]c(C)c(CCN)c2c1. The summed E-state index contributed by atoms with van der Waals surface area (Å²) in [4.78, 5) is 3.41. The summed E-state index contributed by atoms with van der Waals surface area (Å²) in [5, 5.41) is 1.34. The van der Waals surface area contributed by atoms with Crippen LogP contribution in [0.25, 0.3) is 10.9 Å². The number of rotatable bonds is 3. The molecule has 0 bridgehead atoms. The Kier molecular flexibility index (Phi) is 2.78. The number of nitrogens with two attached hydrogens (primary N) is 1. The molecule has 2 aromatic rings. The third-order valence-corrected chi connectivity index (χ3v) is 2.99. The smallest absolute Gasteiger partial charge is 0.0459 e. The maximum Gasteiger partial charge on any atom is 0.0459 e. The van der Waals surface area contributed by atoms with Gasteiger partial charge in [0.05, 0.1) is 0 Å². The van der Waals surface area contributed by atoms with Crippen LogP contribution in [0.3, 0.4) is 0 Å². The summed E-state index contributed by atoms with van der Waals surface area (Å²) in [7, 11) is 0. The first-order valence-corrected chi connectivity index (χ1v) is 5.56. The minimum atomic E-state index is 0.712. The van der Waals surface area contributed by atoms with Gasteiger partial charge in [0.2, 0.25) is 0 Å². The maximum absolute atomic E-state index is 5.64. The zero-order valence-corrected chi connectivity index (χ0v) is 9.43. The molecule has 1 heterocycles. The van der Waals surface area contributed by atoms with Crippen LogP contribution in [0.2, 0.25) is 0 Å². The van der Waals surface area contributed by atoms with Crippen molar-refractivity contribution in [2.45, 2.75) is 26.7 Å². The average Bonchev–Trinajstić information content (AvgIpc) is 2.55. The molecule has 0 unspecified atom stereocenters. The van der Waals surface area contributed by atoms with E-state index in [0.29, 0.717) is 6.54 Å². The Morgan fingerprint density at radius 3 is 2.80 bits per heavy atom. The van der Waals surface area contributed by atoms with Gasteiger partial charge in [0.25, 0.3) is 0 Å². The van der Waals surface area contributed by atoms with Crippen molar-refractivity contribution < 1.29 is 0 Å². The van der Waals surface area contributed by atoms with Crippen molar-refractivity contribution in [3.05, 3.63) is 35.0 Å². The van der Waals surface area contributed by atoms with Crippen molar-refractivity contribution >= 4 is 10.9 Å². The first-order chi connectivity index (χ1) is 7.26. The molecule has 2 nitrogen and oxygen atoms in total. The number of H-pyrrole nitrogens is 1. The molecule has 0 aliphatic rings. The molecule has 0 amide bonds. The summed E-state index contributed by atoms with van der Waals surface area (Å²) in [6.45, 7) is 5.02. The number of aromatic nitrogens is 1. The van der Waals surface area contributed by atoms with E-state index >= 15 is 0 Å². The summed E-state index contributed by atoms with van der Waals surface area (Å²) in [5.41, 5.74) is 10.9. The van der Waals surface area contributed by atoms with Gasteiger partial charge in [0, 0.05) is 16.6 Å². The highest BCUT2D eigenvalue weighted by molar-refractivity contribution is 5.85. The molecule has 80 valence electrons. The zero-order chi connectivity index (χ0) is 10.8. The highest BCUT2D eigenvalue weighted by Crippen LogP contribution is 2.23. The molecule has 0 aliphatic carbocycles. The summed E-state index contributed by atoms with van der Waals surface area (Å²) >= 11 is 0. The molecule has 0 saturated carbocycles. The lowest BCUT2D eigenvalue weighted by Gasteiger charge is -2.00. The first-order valence-electron chi connectivity index (χ1n) is 5.56. The number of benzene rings is 1. The topological polar surface area (TPSA) is 41.8 Å². The van der Waals surface area contributed by atoms with E-state index in [0.717, 1.165) is 12.8 Å². The minimum Gasteiger partial charge on any atom is -0.358 e. The van der Waals surface area contributed by atoms with Crippen molar-refractivity contribution in [2.75, 3.05) is 6.54 Å². The predicted molar refractivity (Wildman–Crippen MR) is 65.2 cm³/mol. The molecule has 1 aromatic heterocycles. The van der Waals surface area contributed by atoms with Crippen LogP contribution in [0.4, 0.5) is 0 Å². The van der Waals surface area contributed by atoms with Gasteiger partial charge in [0.1, 0.15) is 0 Å². The van der Waals surface area contributed by atoms with E-state index in [2.05, 4.69) is 37.0 Å². The molecule has 3 N–H and O–H groups in total. The van der Waals surface area contributed by atoms with Gasteiger partial charge >= 0.3 is 0 Å². The lowest BCUT2D eigenvalue weighted by molar-refractivity contribution is 0.963. The van der Waals surface area contributed by atoms with Crippen LogP contribution in [0.5, 0.6) is 0 Å². The van der Waals surface area contributed by atoms with Crippen molar-refractivity contribution in [2.24, 2.45) is 5.73 Å². The molecular weight excluding hydrogens is 184 g/mol. The van der Waals surface area contributed by atoms with E-state index in [4.69, 9.17) is 5.73 Å². The fourth-order valence-corrected chi connectivity index (χ4v) is 2.12. The summed E-state index contributed by atoms with van der Waals surface area (Å²) in [6.07, 6.45) is 2.04. The molecule has 0 atom stereocenters. The molecule has 0 spiro atoms. The predicted octanol–water partition coefficient (Wildman–Crippen LogP) is 2.54. The fraction of sp³-hybridized carbons (Fsp3) is 0.385. The Bertz CT molecular complexity index is 469. The normalized spacial score (nSPS) is 11.1. The number of fused-ring (bicyclic) bond motifs is 1. The van der Waals surface area contributed by atoms with Gasteiger partial charge in [-0.2, -0.15) is 0 Å². The third-order valence-electron chi connectivity index (χ3n) is 2.99. The van der Waals surface area contributed by atoms with Crippen molar-refractivity contribution in [1.82, 2.24) is 4.98 Å². The third kappa shape index (κ3) is 1.77. The minimum absolute atomic E-state index is 0.712. The number of hydrogen-bond acceptors (Lipinski definition) is 1. The summed E-state index contributed by atoms with van der Waals surface area (Å²) in [5.74, 6) is 0. The Labute approximate surface area is 90.5 Å². The van der Waals surface area contributed by atoms with E-state index in [1.807, 2.05) is 0 Å². The number of hydrogen-bond donors (Lipinski definition) is 2. The number of aryl methyl sites for hydroxylation is 2. The van der Waals surface area contributed by atoms with Gasteiger partial charge in [-0.25, -0.2) is 0 Å². The zero-order valence-electron chi connectivity index (χ0n) is 9.43. The number of aromatic amines is 1. The number of nitrogens with one attached hydrogen (secondary N) is 1. The molecule has 0 saturated heterocycles. The molecule has 15 heavy (non-hydrogen) atoms. The summed E-state index contributed by atoms with van der Waals surface area (Å²) < 4.78 is 0. The molecule has 1 aromatic carbocycles. The van der Waals surface area contributed by atoms with Gasteiger partial charge in [-0.3, -0.25) is 0 Å². The van der Waals surface area contributed by atoms with Crippen molar-refractivity contribution in [3.63, 3.8) is 0 Å². The second-order valence-corrected chi connectivity index (χ2v) is 4.00. The molecule has 0 aliphatic heterocycles. The van der Waals surface area contributed by atoms with E-state index in [1.165, 1.54) is 27.7 Å². The Morgan fingerprint density at radius 2 is 2.13 bits per heavy atom. The lowest BCUT2D eigenvalue weighted by Crippen LogP contribution is -2.03. The largest absolute Gasteiger partial charge is 0.358 e. The highest BCUT2D eigenvalue weighted by atomic mass is 14.7. The van der Waals surface area contributed by atoms with Gasteiger partial charge in [-0.05, 0) is 49.6 Å². The second-order valence-electron chi connectivity index (χ2n) is 4.00. The van der Waals surface area contributed by atoms with E-state index in [9.17, 15) is 0 Å². The van der Waals surface area contributed by atoms with Crippen LogP contribution in [0.1, 0.15) is 23.7 Å². The second kappa shape index (κ2) is 4.07. The van der Waals surface area contributed by atoms with Gasteiger partial charge in [0.15, 0.2) is 0 Å². The molecular formula is C13H18N2. The Morgan fingerprint density at radius 1 is 1.33 bits per heavy atom. The Balaban J connectivity index is 2.61. The van der Waals surface area contributed by atoms with Gasteiger partial charge < -0.3 is 10.7 Å². The van der Waals surface area contributed by atoms with Crippen LogP contribution in [-0.2, 0) is 12.8 Å². The monoisotopic (exact) mass is 202 g/mol. The standard InChI is InChI=1S/C13H18N2/c1-3-10-4-5-13-12(8-10)11(6-7-14)9(2)15-13/h4-5,8,15H,3,6-7,14H2,1-2H3. The average molecular weight is 202 g/mol. The van der Waals surface area contributed by atoms with E-state index in [1.54, 1.807) is 0 Å². The van der Waals surface area contributed by atoms with Crippen LogP contribution >= 0.6 is 0 Å². The summed E-state index contributed by atoms with van der Waals surface area (Å²) in [6, 6.07) is 6.63. The molecule has 2 heteroatoms. The van der Waals surface area contributed by atoms with Crippen LogP contribution in [0, 0.1) is 6.92 Å². The van der Waals surface area contributed by atoms with E-state index in [-0.39, 0.29) is 0 Å². The molecule has 2 rings (SSSR count). The van der Waals surface area contributed by atoms with E-state index < -0.39 is 0 Å². The molecule has 0 radical (unpaired) electrons. The molecule has 0 fully saturated rings. The van der Waals surface area contributed by atoms with Crippen LogP contribution in [-0.4, -0.2) is 11.5 Å². The fourth-order valence-electron chi connectivity index (χ4n) is 2.12. The van der Waals surface area contributed by atoms with Crippen molar-refractivity contribution in [1.29, 1.82) is 0 Å². The van der Waals surface area contributed by atoms with Gasteiger partial charge in [-0.1, -0.05) is 13.0 Å². The quantitative estimate of drug-likeness (QED) is 0.789. The van der Waals surface area contributed by atoms with Gasteiger partial charge in [-0.15, -0.1) is 0 Å². The highest BCUT2D eigenvalue weighted by Gasteiger charge is 2.07. The maximum atomic E-state index is 5.64.